The van der Waals surface area contributed by atoms with Crippen LogP contribution in [0.1, 0.15) is 23.6 Å². The van der Waals surface area contributed by atoms with Crippen molar-refractivity contribution in [3.8, 4) is 5.75 Å². The highest BCUT2D eigenvalue weighted by molar-refractivity contribution is 5.76. The van der Waals surface area contributed by atoms with Crippen LogP contribution in [-0.2, 0) is 16.0 Å². The molecule has 4 nitrogen and oxygen atoms in total. The van der Waals surface area contributed by atoms with Crippen LogP contribution in [0.25, 0.3) is 0 Å². The summed E-state index contributed by atoms with van der Waals surface area (Å²) in [6, 6.07) is 2.68. The fourth-order valence-electron chi connectivity index (χ4n) is 1.85. The number of aromatic hydroxyl groups is 1. The van der Waals surface area contributed by atoms with Crippen LogP contribution in [0.15, 0.2) is 12.1 Å². The first-order chi connectivity index (χ1) is 7.95. The van der Waals surface area contributed by atoms with Crippen LogP contribution in [-0.4, -0.2) is 23.7 Å². The van der Waals surface area contributed by atoms with Gasteiger partial charge in [0.05, 0.1) is 6.61 Å². The largest absolute Gasteiger partial charge is 0.508 e. The van der Waals surface area contributed by atoms with E-state index in [1.165, 1.54) is 0 Å². The molecule has 0 aromatic heterocycles. The number of esters is 1. The van der Waals surface area contributed by atoms with Gasteiger partial charge < -0.3 is 15.6 Å². The van der Waals surface area contributed by atoms with Gasteiger partial charge in [-0.05, 0) is 56.0 Å². The van der Waals surface area contributed by atoms with Crippen molar-refractivity contribution in [2.45, 2.75) is 33.2 Å². The van der Waals surface area contributed by atoms with Crippen LogP contribution < -0.4 is 5.73 Å². The summed E-state index contributed by atoms with van der Waals surface area (Å²) in [4.78, 5) is 11.4. The molecule has 1 aromatic carbocycles. The van der Waals surface area contributed by atoms with Crippen LogP contribution >= 0.6 is 0 Å². The SMILES string of the molecule is CCOC(=O)C(N)Cc1c(C)cc(O)cc1C. The van der Waals surface area contributed by atoms with E-state index in [1.807, 2.05) is 13.8 Å². The van der Waals surface area contributed by atoms with Gasteiger partial charge in [0.1, 0.15) is 11.8 Å². The molecule has 0 aliphatic carbocycles. The summed E-state index contributed by atoms with van der Waals surface area (Å²) < 4.78 is 4.87. The number of hydrogen-bond acceptors (Lipinski definition) is 4. The number of phenolic OH excluding ortho intramolecular Hbond substituents is 1. The van der Waals surface area contributed by atoms with Crippen molar-refractivity contribution in [1.82, 2.24) is 0 Å². The molecule has 1 aromatic rings. The highest BCUT2D eigenvalue weighted by Gasteiger charge is 2.17. The number of carbonyl (C=O) groups excluding carboxylic acids is 1. The third-order valence-electron chi connectivity index (χ3n) is 2.69. The first-order valence-corrected chi connectivity index (χ1v) is 5.67. The molecule has 0 saturated heterocycles. The van der Waals surface area contributed by atoms with Crippen LogP contribution in [0.2, 0.25) is 0 Å². The van der Waals surface area contributed by atoms with Crippen molar-refractivity contribution < 1.29 is 14.6 Å². The van der Waals surface area contributed by atoms with Crippen molar-refractivity contribution in [1.29, 1.82) is 0 Å². The van der Waals surface area contributed by atoms with Crippen molar-refractivity contribution in [3.05, 3.63) is 28.8 Å². The van der Waals surface area contributed by atoms with Gasteiger partial charge in [-0.15, -0.1) is 0 Å². The van der Waals surface area contributed by atoms with Gasteiger partial charge in [0.15, 0.2) is 0 Å². The van der Waals surface area contributed by atoms with E-state index in [-0.39, 0.29) is 11.7 Å². The molecule has 1 atom stereocenters. The predicted molar refractivity (Wildman–Crippen MR) is 65.9 cm³/mol. The zero-order valence-corrected chi connectivity index (χ0v) is 10.5. The average Bonchev–Trinajstić information content (AvgIpc) is 2.23. The Kier molecular flexibility index (Phi) is 4.52. The lowest BCUT2D eigenvalue weighted by Gasteiger charge is -2.15. The van der Waals surface area contributed by atoms with E-state index < -0.39 is 6.04 Å². The molecule has 4 heteroatoms. The summed E-state index contributed by atoms with van der Waals surface area (Å²) >= 11 is 0. The summed E-state index contributed by atoms with van der Waals surface area (Å²) in [6.45, 7) is 5.86. The fourth-order valence-corrected chi connectivity index (χ4v) is 1.85. The highest BCUT2D eigenvalue weighted by atomic mass is 16.5. The molecule has 0 aliphatic heterocycles. The van der Waals surface area contributed by atoms with Gasteiger partial charge in [-0.3, -0.25) is 4.79 Å². The molecule has 0 aliphatic rings. The smallest absolute Gasteiger partial charge is 0.323 e. The summed E-state index contributed by atoms with van der Waals surface area (Å²) in [5, 5.41) is 9.42. The molecule has 0 bridgehead atoms. The van der Waals surface area contributed by atoms with E-state index in [2.05, 4.69) is 0 Å². The first-order valence-electron chi connectivity index (χ1n) is 5.67. The van der Waals surface area contributed by atoms with Gasteiger partial charge >= 0.3 is 5.97 Å². The molecule has 1 unspecified atom stereocenters. The summed E-state index contributed by atoms with van der Waals surface area (Å²) in [5.74, 6) is -0.159. The molecular formula is C13H19NO3. The number of ether oxygens (including phenoxy) is 1. The predicted octanol–water partition coefficient (Wildman–Crippen LogP) is 1.44. The Bertz CT molecular complexity index is 392. The Hall–Kier alpha value is -1.55. The Morgan fingerprint density at radius 3 is 2.41 bits per heavy atom. The van der Waals surface area contributed by atoms with Crippen LogP contribution in [0, 0.1) is 13.8 Å². The quantitative estimate of drug-likeness (QED) is 0.777. The summed E-state index contributed by atoms with van der Waals surface area (Å²) in [6.07, 6.45) is 0.427. The van der Waals surface area contributed by atoms with Crippen molar-refractivity contribution in [2.24, 2.45) is 5.73 Å². The zero-order chi connectivity index (χ0) is 13.0. The monoisotopic (exact) mass is 237 g/mol. The zero-order valence-electron chi connectivity index (χ0n) is 10.5. The number of benzene rings is 1. The second kappa shape index (κ2) is 5.68. The molecule has 0 saturated carbocycles. The van der Waals surface area contributed by atoms with E-state index in [4.69, 9.17) is 10.5 Å². The minimum absolute atomic E-state index is 0.230. The standard InChI is InChI=1S/C13H19NO3/c1-4-17-13(16)12(14)7-11-8(2)5-10(15)6-9(11)3/h5-6,12,15H,4,7,14H2,1-3H3. The number of phenols is 1. The van der Waals surface area contributed by atoms with Crippen molar-refractivity contribution in [3.63, 3.8) is 0 Å². The second-order valence-electron chi connectivity index (χ2n) is 4.12. The van der Waals surface area contributed by atoms with Crippen LogP contribution in [0.4, 0.5) is 0 Å². The van der Waals surface area contributed by atoms with Gasteiger partial charge in [0.2, 0.25) is 0 Å². The van der Waals surface area contributed by atoms with E-state index in [0.29, 0.717) is 13.0 Å². The number of carbonyl (C=O) groups is 1. The molecule has 0 heterocycles. The van der Waals surface area contributed by atoms with Gasteiger partial charge in [-0.2, -0.15) is 0 Å². The normalized spacial score (nSPS) is 12.2. The molecule has 0 radical (unpaired) electrons. The molecule has 3 N–H and O–H groups in total. The van der Waals surface area contributed by atoms with Gasteiger partial charge in [-0.1, -0.05) is 0 Å². The van der Waals surface area contributed by atoms with E-state index in [9.17, 15) is 9.90 Å². The molecule has 0 amide bonds. The number of nitrogens with two attached hydrogens (primary N) is 1. The number of rotatable bonds is 4. The average molecular weight is 237 g/mol. The Morgan fingerprint density at radius 1 is 1.41 bits per heavy atom. The van der Waals surface area contributed by atoms with Gasteiger partial charge in [0, 0.05) is 0 Å². The lowest BCUT2D eigenvalue weighted by atomic mass is 9.96. The van der Waals surface area contributed by atoms with Crippen molar-refractivity contribution in [2.75, 3.05) is 6.61 Å². The lowest BCUT2D eigenvalue weighted by molar-refractivity contribution is -0.144. The molecule has 17 heavy (non-hydrogen) atoms. The van der Waals surface area contributed by atoms with E-state index in [1.54, 1.807) is 19.1 Å². The summed E-state index contributed by atoms with van der Waals surface area (Å²) in [7, 11) is 0. The molecular weight excluding hydrogens is 218 g/mol. The maximum Gasteiger partial charge on any atom is 0.323 e. The van der Waals surface area contributed by atoms with Gasteiger partial charge in [-0.25, -0.2) is 0 Å². The Labute approximate surface area is 101 Å². The lowest BCUT2D eigenvalue weighted by Crippen LogP contribution is -2.34. The van der Waals surface area contributed by atoms with Crippen LogP contribution in [0.5, 0.6) is 5.75 Å². The Morgan fingerprint density at radius 2 is 1.94 bits per heavy atom. The van der Waals surface area contributed by atoms with E-state index in [0.717, 1.165) is 16.7 Å². The minimum atomic E-state index is -0.656. The van der Waals surface area contributed by atoms with E-state index >= 15 is 0 Å². The molecule has 1 rings (SSSR count). The highest BCUT2D eigenvalue weighted by Crippen LogP contribution is 2.21. The van der Waals surface area contributed by atoms with Crippen molar-refractivity contribution >= 4 is 5.97 Å². The molecule has 0 fully saturated rings. The molecule has 94 valence electrons. The fraction of sp³-hybridized carbons (Fsp3) is 0.462. The Balaban J connectivity index is 2.85. The second-order valence-corrected chi connectivity index (χ2v) is 4.12. The maximum absolute atomic E-state index is 11.4. The summed E-state index contributed by atoms with van der Waals surface area (Å²) in [5.41, 5.74) is 8.63. The number of hydrogen-bond donors (Lipinski definition) is 2. The maximum atomic E-state index is 11.4. The third-order valence-corrected chi connectivity index (χ3v) is 2.69. The topological polar surface area (TPSA) is 72.5 Å². The minimum Gasteiger partial charge on any atom is -0.508 e. The number of aryl methyl sites for hydroxylation is 2. The van der Waals surface area contributed by atoms with Gasteiger partial charge in [0.25, 0.3) is 0 Å². The van der Waals surface area contributed by atoms with Crippen LogP contribution in [0.3, 0.4) is 0 Å². The molecule has 0 spiro atoms. The first kappa shape index (κ1) is 13.5. The third kappa shape index (κ3) is 3.46.